The van der Waals surface area contributed by atoms with Crippen molar-refractivity contribution in [1.29, 1.82) is 0 Å². The molecule has 0 bridgehead atoms. The molecule has 0 radical (unpaired) electrons. The molecule has 1 unspecified atom stereocenters. The summed E-state index contributed by atoms with van der Waals surface area (Å²) >= 11 is 0. The third kappa shape index (κ3) is 6.24. The molecule has 0 aliphatic carbocycles. The molecule has 33 heavy (non-hydrogen) atoms. The second kappa shape index (κ2) is 11.9. The highest BCUT2D eigenvalue weighted by molar-refractivity contribution is 7.10. The van der Waals surface area contributed by atoms with Crippen LogP contribution in [-0.4, -0.2) is 67.7 Å². The Morgan fingerprint density at radius 2 is 1.82 bits per heavy atom. The van der Waals surface area contributed by atoms with Crippen LogP contribution in [0.3, 0.4) is 0 Å². The summed E-state index contributed by atoms with van der Waals surface area (Å²) < 4.78 is 11.7. The molecule has 1 fully saturated rings. The van der Waals surface area contributed by atoms with Crippen LogP contribution in [0.2, 0.25) is 18.1 Å². The zero-order chi connectivity index (χ0) is 24.9. The molecule has 2 aliphatic heterocycles. The van der Waals surface area contributed by atoms with E-state index in [1.165, 1.54) is 6.92 Å². The van der Waals surface area contributed by atoms with Gasteiger partial charge in [0.05, 0.1) is 15.4 Å². The highest BCUT2D eigenvalue weighted by Gasteiger charge is 2.45. The Balaban J connectivity index is 2.30. The van der Waals surface area contributed by atoms with E-state index in [1.807, 2.05) is 9.47 Å². The fourth-order valence-electron chi connectivity index (χ4n) is 5.46. The number of primary amides is 1. The van der Waals surface area contributed by atoms with Crippen molar-refractivity contribution in [2.24, 2.45) is 17.6 Å². The SMILES string of the molecule is CC[Si](CC)(CC)O[C@H](C)C[C@H]1[C@@H](C)C(CN2CC[C@H](C(N)=O)C2)=C(C(=O)OP)N1C(C)=O. The van der Waals surface area contributed by atoms with Crippen molar-refractivity contribution in [2.75, 3.05) is 19.6 Å². The van der Waals surface area contributed by atoms with Gasteiger partial charge in [0.25, 0.3) is 0 Å². The zero-order valence-electron chi connectivity index (χ0n) is 21.1. The quantitative estimate of drug-likeness (QED) is 0.346. The first-order valence-electron chi connectivity index (χ1n) is 12.2. The molecule has 0 aromatic carbocycles. The number of likely N-dealkylation sites (tertiary alicyclic amines) is 1. The molecule has 8 nitrogen and oxygen atoms in total. The minimum atomic E-state index is -1.80. The smallest absolute Gasteiger partial charge is 0.357 e. The first kappa shape index (κ1) is 28.0. The highest BCUT2D eigenvalue weighted by Crippen LogP contribution is 2.39. The average molecular weight is 500 g/mol. The maximum Gasteiger partial charge on any atom is 0.357 e. The third-order valence-electron chi connectivity index (χ3n) is 7.67. The second-order valence-corrected chi connectivity index (χ2v) is 14.5. The van der Waals surface area contributed by atoms with Gasteiger partial charge in [-0.2, -0.15) is 0 Å². The predicted octanol–water partition coefficient (Wildman–Crippen LogP) is 3.05. The minimum Gasteiger partial charge on any atom is -0.447 e. The molecular formula is C23H42N3O5PSi. The predicted molar refractivity (Wildman–Crippen MR) is 134 cm³/mol. The molecule has 10 heteroatoms. The summed E-state index contributed by atoms with van der Waals surface area (Å²) in [5.41, 5.74) is 6.71. The molecule has 0 spiro atoms. The van der Waals surface area contributed by atoms with E-state index in [4.69, 9.17) is 14.7 Å². The molecule has 1 saturated heterocycles. The lowest BCUT2D eigenvalue weighted by Gasteiger charge is -2.35. The second-order valence-electron chi connectivity index (χ2n) is 9.56. The number of carbonyl (C=O) groups is 3. The first-order chi connectivity index (χ1) is 15.5. The maximum absolute atomic E-state index is 12.8. The first-order valence-corrected chi connectivity index (χ1v) is 15.2. The standard InChI is InChI=1S/C23H42N3O5PSi/c1-7-33(8-2,9-3)31-15(4)12-20-16(5)19(14-25-11-10-18(13-25)22(24)28)21(23(29)30-32)26(20)17(6)27/h15-16,18,20H,7-14,32H2,1-6H3,(H2,24,28)/t15-,16+,18+,20+/m1/s1. The molecule has 0 saturated carbocycles. The zero-order valence-corrected chi connectivity index (χ0v) is 23.2. The number of hydrogen-bond acceptors (Lipinski definition) is 6. The number of nitrogens with two attached hydrogens (primary N) is 1. The lowest BCUT2D eigenvalue weighted by Crippen LogP contribution is -2.44. The van der Waals surface area contributed by atoms with E-state index < -0.39 is 14.3 Å². The van der Waals surface area contributed by atoms with Crippen LogP contribution in [-0.2, 0) is 23.3 Å². The molecule has 0 aromatic rings. The Bertz CT molecular complexity index is 765. The summed E-state index contributed by atoms with van der Waals surface area (Å²) in [5.74, 6) is -1.21. The molecule has 2 amide bonds. The topological polar surface area (TPSA) is 102 Å². The number of carbonyl (C=O) groups excluding carboxylic acids is 3. The van der Waals surface area contributed by atoms with Crippen molar-refractivity contribution >= 4 is 35.6 Å². The van der Waals surface area contributed by atoms with Crippen molar-refractivity contribution in [1.82, 2.24) is 9.80 Å². The normalized spacial score (nSPS) is 24.9. The van der Waals surface area contributed by atoms with Crippen molar-refractivity contribution in [2.45, 2.75) is 84.7 Å². The van der Waals surface area contributed by atoms with Gasteiger partial charge in [-0.15, -0.1) is 0 Å². The lowest BCUT2D eigenvalue weighted by atomic mass is 9.92. The van der Waals surface area contributed by atoms with Crippen LogP contribution in [0.15, 0.2) is 11.3 Å². The van der Waals surface area contributed by atoms with Gasteiger partial charge in [0.2, 0.25) is 11.8 Å². The van der Waals surface area contributed by atoms with E-state index in [0.29, 0.717) is 31.6 Å². The fraction of sp³-hybridized carbons (Fsp3) is 0.783. The summed E-state index contributed by atoms with van der Waals surface area (Å²) in [6, 6.07) is 3.00. The van der Waals surface area contributed by atoms with E-state index in [2.05, 4.69) is 39.5 Å². The van der Waals surface area contributed by atoms with Gasteiger partial charge < -0.3 is 19.6 Å². The summed E-state index contributed by atoms with van der Waals surface area (Å²) in [7, 11) is 0.199. The van der Waals surface area contributed by atoms with Gasteiger partial charge in [-0.1, -0.05) is 27.7 Å². The number of hydrogen-bond donors (Lipinski definition) is 1. The number of amides is 2. The van der Waals surface area contributed by atoms with Crippen LogP contribution in [0.1, 0.15) is 54.4 Å². The monoisotopic (exact) mass is 499 g/mol. The van der Waals surface area contributed by atoms with Gasteiger partial charge in [-0.25, -0.2) is 4.79 Å². The number of nitrogens with zero attached hydrogens (tertiary/aromatic N) is 2. The molecule has 2 rings (SSSR count). The van der Waals surface area contributed by atoms with Gasteiger partial charge in [0.15, 0.2) is 8.32 Å². The van der Waals surface area contributed by atoms with Crippen molar-refractivity contribution in [3.8, 4) is 0 Å². The van der Waals surface area contributed by atoms with E-state index in [-0.39, 0.29) is 35.8 Å². The Morgan fingerprint density at radius 3 is 2.27 bits per heavy atom. The van der Waals surface area contributed by atoms with Crippen LogP contribution in [0.25, 0.3) is 0 Å². The van der Waals surface area contributed by atoms with E-state index >= 15 is 0 Å². The van der Waals surface area contributed by atoms with Gasteiger partial charge in [-0.05, 0) is 50.0 Å². The van der Waals surface area contributed by atoms with Gasteiger partial charge in [0, 0.05) is 38.1 Å². The van der Waals surface area contributed by atoms with Crippen LogP contribution in [0, 0.1) is 11.8 Å². The van der Waals surface area contributed by atoms with Crippen molar-refractivity contribution < 1.29 is 23.3 Å². The van der Waals surface area contributed by atoms with Crippen LogP contribution in [0.4, 0.5) is 0 Å². The molecule has 0 aromatic heterocycles. The Morgan fingerprint density at radius 1 is 1.21 bits per heavy atom. The average Bonchev–Trinajstić information content (AvgIpc) is 3.36. The van der Waals surface area contributed by atoms with Gasteiger partial charge in [0.1, 0.15) is 5.70 Å². The van der Waals surface area contributed by atoms with Crippen LogP contribution < -0.4 is 5.73 Å². The van der Waals surface area contributed by atoms with Crippen LogP contribution >= 0.6 is 9.47 Å². The highest BCUT2D eigenvalue weighted by atomic mass is 31.0. The molecule has 188 valence electrons. The van der Waals surface area contributed by atoms with E-state index in [0.717, 1.165) is 30.3 Å². The Labute approximate surface area is 202 Å². The summed E-state index contributed by atoms with van der Waals surface area (Å²) in [6.07, 6.45) is 1.34. The maximum atomic E-state index is 12.8. The fourth-order valence-corrected chi connectivity index (χ4v) is 8.52. The van der Waals surface area contributed by atoms with Gasteiger partial charge >= 0.3 is 5.97 Å². The van der Waals surface area contributed by atoms with E-state index in [9.17, 15) is 14.4 Å². The van der Waals surface area contributed by atoms with Crippen LogP contribution in [0.5, 0.6) is 0 Å². The van der Waals surface area contributed by atoms with Crippen molar-refractivity contribution in [3.05, 3.63) is 11.3 Å². The number of rotatable bonds is 11. The van der Waals surface area contributed by atoms with E-state index in [1.54, 1.807) is 4.90 Å². The lowest BCUT2D eigenvalue weighted by molar-refractivity contribution is -0.137. The minimum absolute atomic E-state index is 0.0236. The molecule has 2 heterocycles. The Hall–Kier alpha value is -1.28. The third-order valence-corrected chi connectivity index (χ3v) is 12.7. The van der Waals surface area contributed by atoms with Crippen molar-refractivity contribution in [3.63, 3.8) is 0 Å². The molecule has 5 atom stereocenters. The summed E-state index contributed by atoms with van der Waals surface area (Å²) in [4.78, 5) is 40.9. The molecular weight excluding hydrogens is 457 g/mol. The summed E-state index contributed by atoms with van der Waals surface area (Å²) in [6.45, 7) is 14.1. The molecule has 2 aliphatic rings. The molecule has 2 N–H and O–H groups in total. The van der Waals surface area contributed by atoms with Gasteiger partial charge in [-0.3, -0.25) is 14.5 Å². The largest absolute Gasteiger partial charge is 0.447 e. The summed E-state index contributed by atoms with van der Waals surface area (Å²) in [5, 5.41) is 0. The Kier molecular flexibility index (Phi) is 10.1.